The van der Waals surface area contributed by atoms with Crippen molar-refractivity contribution in [3.05, 3.63) is 58.1 Å². The van der Waals surface area contributed by atoms with Gasteiger partial charge < -0.3 is 15.2 Å². The summed E-state index contributed by atoms with van der Waals surface area (Å²) in [5, 5.41) is 12.2. The van der Waals surface area contributed by atoms with Crippen LogP contribution < -0.4 is 5.32 Å². The maximum Gasteiger partial charge on any atom is 0.342 e. The van der Waals surface area contributed by atoms with E-state index >= 15 is 0 Å². The maximum absolute atomic E-state index is 11.8. The summed E-state index contributed by atoms with van der Waals surface area (Å²) in [7, 11) is 0. The van der Waals surface area contributed by atoms with Crippen molar-refractivity contribution in [2.75, 3.05) is 11.9 Å². The number of esters is 1. The van der Waals surface area contributed by atoms with Gasteiger partial charge in [0.25, 0.3) is 5.91 Å². The molecule has 0 spiro atoms. The highest BCUT2D eigenvalue weighted by atomic mass is 79.9. The highest BCUT2D eigenvalue weighted by Gasteiger charge is 2.15. The van der Waals surface area contributed by atoms with Crippen molar-refractivity contribution in [2.45, 2.75) is 6.92 Å². The molecule has 114 valence electrons. The van der Waals surface area contributed by atoms with E-state index in [0.717, 1.165) is 5.56 Å². The van der Waals surface area contributed by atoms with Crippen LogP contribution in [0.3, 0.4) is 0 Å². The van der Waals surface area contributed by atoms with E-state index in [2.05, 4.69) is 21.2 Å². The first-order valence-electron chi connectivity index (χ1n) is 6.48. The van der Waals surface area contributed by atoms with E-state index in [9.17, 15) is 14.7 Å². The Morgan fingerprint density at radius 2 is 1.86 bits per heavy atom. The van der Waals surface area contributed by atoms with Gasteiger partial charge in [-0.2, -0.15) is 0 Å². The molecule has 0 aliphatic carbocycles. The van der Waals surface area contributed by atoms with Crippen LogP contribution in [0.5, 0.6) is 5.75 Å². The first-order valence-corrected chi connectivity index (χ1v) is 7.27. The molecule has 0 fully saturated rings. The van der Waals surface area contributed by atoms with E-state index in [0.29, 0.717) is 10.2 Å². The zero-order chi connectivity index (χ0) is 16.1. The molecule has 2 aromatic rings. The van der Waals surface area contributed by atoms with E-state index in [1.165, 1.54) is 12.1 Å². The molecule has 0 unspecified atom stereocenters. The Labute approximate surface area is 136 Å². The summed E-state index contributed by atoms with van der Waals surface area (Å²) >= 11 is 3.20. The monoisotopic (exact) mass is 363 g/mol. The Balaban J connectivity index is 1.91. The lowest BCUT2D eigenvalue weighted by atomic mass is 10.2. The number of phenolic OH excluding ortho intramolecular Hbond substituents is 1. The van der Waals surface area contributed by atoms with Crippen LogP contribution in [0.4, 0.5) is 5.69 Å². The quantitative estimate of drug-likeness (QED) is 0.817. The average Bonchev–Trinajstić information content (AvgIpc) is 2.49. The zero-order valence-corrected chi connectivity index (χ0v) is 13.4. The molecule has 0 aliphatic heterocycles. The van der Waals surface area contributed by atoms with Crippen molar-refractivity contribution in [3.63, 3.8) is 0 Å². The van der Waals surface area contributed by atoms with Gasteiger partial charge in [0.05, 0.1) is 0 Å². The molecule has 5 nitrogen and oxygen atoms in total. The molecule has 6 heteroatoms. The fourth-order valence-electron chi connectivity index (χ4n) is 1.71. The maximum atomic E-state index is 11.8. The smallest absolute Gasteiger partial charge is 0.342 e. The molecule has 0 saturated heterocycles. The molecule has 0 bridgehead atoms. The Kier molecular flexibility index (Phi) is 5.16. The molecule has 0 saturated carbocycles. The van der Waals surface area contributed by atoms with Gasteiger partial charge in [-0.25, -0.2) is 4.79 Å². The van der Waals surface area contributed by atoms with Crippen LogP contribution in [0.2, 0.25) is 0 Å². The fraction of sp³-hybridized carbons (Fsp3) is 0.125. The number of hydrogen-bond acceptors (Lipinski definition) is 4. The number of rotatable bonds is 4. The van der Waals surface area contributed by atoms with Gasteiger partial charge in [0.1, 0.15) is 11.3 Å². The first kappa shape index (κ1) is 16.0. The summed E-state index contributed by atoms with van der Waals surface area (Å²) in [5.41, 5.74) is 1.70. The van der Waals surface area contributed by atoms with Crippen LogP contribution in [-0.2, 0) is 9.53 Å². The van der Waals surface area contributed by atoms with Crippen molar-refractivity contribution in [1.29, 1.82) is 0 Å². The predicted octanol–water partition coefficient (Wildman–Crippen LogP) is 3.26. The summed E-state index contributed by atoms with van der Waals surface area (Å²) < 4.78 is 5.52. The molecule has 2 rings (SSSR count). The van der Waals surface area contributed by atoms with Gasteiger partial charge in [-0.15, -0.1) is 0 Å². The molecule has 0 atom stereocenters. The number of aryl methyl sites for hydroxylation is 1. The molecule has 0 heterocycles. The summed E-state index contributed by atoms with van der Waals surface area (Å²) in [6.45, 7) is 1.51. The van der Waals surface area contributed by atoms with Gasteiger partial charge in [0, 0.05) is 10.2 Å². The van der Waals surface area contributed by atoms with Crippen LogP contribution in [0.25, 0.3) is 0 Å². The fourth-order valence-corrected chi connectivity index (χ4v) is 2.08. The number of amides is 1. The Hall–Kier alpha value is -2.34. The summed E-state index contributed by atoms with van der Waals surface area (Å²) in [6.07, 6.45) is 0. The van der Waals surface area contributed by atoms with Crippen molar-refractivity contribution in [1.82, 2.24) is 0 Å². The lowest BCUT2D eigenvalue weighted by Gasteiger charge is -2.08. The zero-order valence-electron chi connectivity index (χ0n) is 11.8. The highest BCUT2D eigenvalue weighted by molar-refractivity contribution is 9.10. The molecule has 22 heavy (non-hydrogen) atoms. The number of carbonyl (C=O) groups excluding carboxylic acids is 2. The van der Waals surface area contributed by atoms with E-state index in [-0.39, 0.29) is 11.3 Å². The Morgan fingerprint density at radius 3 is 2.55 bits per heavy atom. The van der Waals surface area contributed by atoms with Crippen molar-refractivity contribution in [2.24, 2.45) is 0 Å². The number of ether oxygens (including phenoxy) is 1. The number of halogens is 1. The van der Waals surface area contributed by atoms with Crippen molar-refractivity contribution < 1.29 is 19.4 Å². The average molecular weight is 364 g/mol. The van der Waals surface area contributed by atoms with Gasteiger partial charge in [0.2, 0.25) is 0 Å². The second-order valence-corrected chi connectivity index (χ2v) is 5.57. The normalized spacial score (nSPS) is 10.1. The molecule has 0 aromatic heterocycles. The van der Waals surface area contributed by atoms with E-state index < -0.39 is 18.5 Å². The minimum Gasteiger partial charge on any atom is -0.507 e. The van der Waals surface area contributed by atoms with Gasteiger partial charge >= 0.3 is 5.97 Å². The Bertz CT molecular complexity index is 698. The van der Waals surface area contributed by atoms with Crippen molar-refractivity contribution >= 4 is 33.5 Å². The second kappa shape index (κ2) is 7.09. The SMILES string of the molecule is Cc1ccc(NC(=O)COC(=O)c2cc(Br)ccc2O)cc1. The number of aromatic hydroxyl groups is 1. The predicted molar refractivity (Wildman–Crippen MR) is 85.9 cm³/mol. The van der Waals surface area contributed by atoms with Gasteiger partial charge in [0.15, 0.2) is 6.61 Å². The lowest BCUT2D eigenvalue weighted by Crippen LogP contribution is -2.21. The van der Waals surface area contributed by atoms with Gasteiger partial charge in [-0.3, -0.25) is 4.79 Å². The highest BCUT2D eigenvalue weighted by Crippen LogP contribution is 2.22. The summed E-state index contributed by atoms with van der Waals surface area (Å²) in [6, 6.07) is 11.6. The van der Waals surface area contributed by atoms with Crippen LogP contribution >= 0.6 is 15.9 Å². The molecule has 1 amide bonds. The first-order chi connectivity index (χ1) is 10.5. The minimum absolute atomic E-state index is 0.00230. The second-order valence-electron chi connectivity index (χ2n) is 4.65. The summed E-state index contributed by atoms with van der Waals surface area (Å²) in [4.78, 5) is 23.6. The lowest BCUT2D eigenvalue weighted by molar-refractivity contribution is -0.119. The third-order valence-electron chi connectivity index (χ3n) is 2.85. The number of hydrogen-bond donors (Lipinski definition) is 2. The topological polar surface area (TPSA) is 75.6 Å². The van der Waals surface area contributed by atoms with E-state index in [4.69, 9.17) is 4.74 Å². The largest absolute Gasteiger partial charge is 0.507 e. The van der Waals surface area contributed by atoms with Crippen LogP contribution in [0.1, 0.15) is 15.9 Å². The molecule has 0 aliphatic rings. The molecule has 0 radical (unpaired) electrons. The molecular formula is C16H14BrNO4. The number of phenols is 1. The molecule has 2 N–H and O–H groups in total. The van der Waals surface area contributed by atoms with E-state index in [1.54, 1.807) is 18.2 Å². The van der Waals surface area contributed by atoms with E-state index in [1.807, 2.05) is 19.1 Å². The number of anilines is 1. The van der Waals surface area contributed by atoms with Gasteiger partial charge in [-0.1, -0.05) is 33.6 Å². The number of nitrogens with one attached hydrogen (secondary N) is 1. The van der Waals surface area contributed by atoms with Crippen molar-refractivity contribution in [3.8, 4) is 5.75 Å². The minimum atomic E-state index is -0.766. The van der Waals surface area contributed by atoms with Crippen LogP contribution in [0, 0.1) is 6.92 Å². The van der Waals surface area contributed by atoms with Crippen LogP contribution in [0.15, 0.2) is 46.9 Å². The van der Waals surface area contributed by atoms with Crippen LogP contribution in [-0.4, -0.2) is 23.6 Å². The third-order valence-corrected chi connectivity index (χ3v) is 3.34. The summed E-state index contributed by atoms with van der Waals surface area (Å²) in [5.74, 6) is -1.42. The third kappa shape index (κ3) is 4.33. The standard InChI is InChI=1S/C16H14BrNO4/c1-10-2-5-12(6-3-10)18-15(20)9-22-16(21)13-8-11(17)4-7-14(13)19/h2-8,19H,9H2,1H3,(H,18,20). The number of benzene rings is 2. The molecular weight excluding hydrogens is 350 g/mol. The van der Waals surface area contributed by atoms with Gasteiger partial charge in [-0.05, 0) is 37.3 Å². The number of carbonyl (C=O) groups is 2. The molecule has 2 aromatic carbocycles. The Morgan fingerprint density at radius 1 is 1.18 bits per heavy atom.